The predicted octanol–water partition coefficient (Wildman–Crippen LogP) is 11.4. The fraction of sp³-hybridized carbons (Fsp3) is 0.125. The van der Waals surface area contributed by atoms with Gasteiger partial charge in [-0.25, -0.2) is 0 Å². The number of nitrogens with zero attached hydrogens (tertiary/aromatic N) is 2. The molecule has 9 aromatic carbocycles. The minimum Gasteiger partial charge on any atom is -0.310 e. The van der Waals surface area contributed by atoms with Gasteiger partial charge in [0.05, 0.1) is 11.4 Å². The Morgan fingerprint density at radius 2 is 0.843 bits per heavy atom. The number of hydrogen-bond donors (Lipinski definition) is 0. The average Bonchev–Trinajstić information content (AvgIpc) is 3.19. The first-order valence-corrected chi connectivity index (χ1v) is 18.9. The maximum atomic E-state index is 2.71. The summed E-state index contributed by atoms with van der Waals surface area (Å²) >= 11 is 0. The van der Waals surface area contributed by atoms with Gasteiger partial charge in [0.2, 0.25) is 0 Å². The zero-order chi connectivity index (χ0) is 32.7. The Kier molecular flexibility index (Phi) is 4.46. The minimum atomic E-state index is 0.140. The molecule has 0 bridgehead atoms. The molecule has 4 heterocycles. The predicted molar refractivity (Wildman–Crippen MR) is 218 cm³/mol. The van der Waals surface area contributed by atoms with E-state index in [4.69, 9.17) is 0 Å². The van der Waals surface area contributed by atoms with Crippen LogP contribution < -0.4 is 26.2 Å². The van der Waals surface area contributed by atoms with Gasteiger partial charge in [-0.2, -0.15) is 0 Å². The van der Waals surface area contributed by atoms with Crippen molar-refractivity contribution in [1.82, 2.24) is 0 Å². The van der Waals surface area contributed by atoms with Gasteiger partial charge in [-0.05, 0) is 97.3 Å². The van der Waals surface area contributed by atoms with Crippen molar-refractivity contribution in [2.24, 2.45) is 0 Å². The Bertz CT molecular complexity index is 2940. The van der Waals surface area contributed by atoms with E-state index in [-0.39, 0.29) is 6.71 Å². The molecule has 4 aliphatic heterocycles. The average molecular weight is 647 g/mol. The molecule has 0 saturated heterocycles. The topological polar surface area (TPSA) is 6.48 Å². The molecule has 2 nitrogen and oxygen atoms in total. The molecule has 51 heavy (non-hydrogen) atoms. The third-order valence-electron chi connectivity index (χ3n) is 13.5. The summed E-state index contributed by atoms with van der Waals surface area (Å²) in [6, 6.07) is 47.7. The summed E-state index contributed by atoms with van der Waals surface area (Å²) < 4.78 is 0. The first-order chi connectivity index (χ1) is 25.3. The normalized spacial score (nSPS) is 16.4. The number of hydrogen-bond acceptors (Lipinski definition) is 2. The largest absolute Gasteiger partial charge is 0.310 e. The fourth-order valence-corrected chi connectivity index (χ4v) is 11.5. The van der Waals surface area contributed by atoms with E-state index in [2.05, 4.69) is 131 Å². The molecule has 5 aliphatic rings. The third kappa shape index (κ3) is 2.92. The van der Waals surface area contributed by atoms with Crippen LogP contribution >= 0.6 is 0 Å². The van der Waals surface area contributed by atoms with Gasteiger partial charge in [0.15, 0.2) is 0 Å². The van der Waals surface area contributed by atoms with Crippen LogP contribution in [-0.4, -0.2) is 6.71 Å². The molecule has 3 heteroatoms. The van der Waals surface area contributed by atoms with Crippen LogP contribution in [0, 0.1) is 0 Å². The summed E-state index contributed by atoms with van der Waals surface area (Å²) in [5.41, 5.74) is 14.0. The summed E-state index contributed by atoms with van der Waals surface area (Å²) in [6.07, 6.45) is 6.56. The van der Waals surface area contributed by atoms with Crippen molar-refractivity contribution >= 4 is 122 Å². The van der Waals surface area contributed by atoms with Crippen molar-refractivity contribution in [3.05, 3.63) is 127 Å². The van der Waals surface area contributed by atoms with Gasteiger partial charge in [0, 0.05) is 55.1 Å². The number of rotatable bonds is 1. The molecule has 0 radical (unpaired) electrons. The highest BCUT2D eigenvalue weighted by molar-refractivity contribution is 7.01. The Hall–Kier alpha value is -5.80. The lowest BCUT2D eigenvalue weighted by atomic mass is 9.33. The third-order valence-corrected chi connectivity index (χ3v) is 13.5. The number of fused-ring (bicyclic) bond motifs is 6. The summed E-state index contributed by atoms with van der Waals surface area (Å²) in [6.45, 7) is 0.140. The minimum absolute atomic E-state index is 0.140. The Balaban J connectivity index is 1.21. The highest BCUT2D eigenvalue weighted by Gasteiger charge is 2.47. The molecule has 0 spiro atoms. The quantitative estimate of drug-likeness (QED) is 0.129. The zero-order valence-corrected chi connectivity index (χ0v) is 28.1. The summed E-state index contributed by atoms with van der Waals surface area (Å²) in [5, 5.41) is 16.4. The van der Waals surface area contributed by atoms with Gasteiger partial charge >= 0.3 is 0 Å². The monoisotopic (exact) mass is 646 g/mol. The molecule has 0 amide bonds. The smallest absolute Gasteiger partial charge is 0.252 e. The van der Waals surface area contributed by atoms with Crippen LogP contribution in [0.15, 0.2) is 121 Å². The van der Waals surface area contributed by atoms with Crippen LogP contribution in [0.2, 0.25) is 0 Å². The van der Waals surface area contributed by atoms with E-state index in [1.165, 1.54) is 153 Å². The van der Waals surface area contributed by atoms with Crippen LogP contribution in [0.25, 0.3) is 64.6 Å². The molecule has 9 aromatic rings. The molecule has 1 fully saturated rings. The van der Waals surface area contributed by atoms with E-state index in [0.29, 0.717) is 5.92 Å². The van der Waals surface area contributed by atoms with Gasteiger partial charge < -0.3 is 9.80 Å². The molecular weight excluding hydrogens is 615 g/mol. The second kappa shape index (κ2) is 8.73. The number of benzene rings is 9. The number of anilines is 6. The highest BCUT2D eigenvalue weighted by Crippen LogP contribution is 2.57. The van der Waals surface area contributed by atoms with Crippen molar-refractivity contribution in [2.45, 2.75) is 38.0 Å². The molecule has 0 unspecified atom stereocenters. The molecule has 0 aromatic heterocycles. The van der Waals surface area contributed by atoms with E-state index in [0.717, 1.165) is 0 Å². The first kappa shape index (κ1) is 26.1. The molecule has 1 aliphatic carbocycles. The standard InChI is InChI=1S/C48H31BN2/c1-2-6-26(7-3-1)33-24-38-46-39(25-33)51-37-11-5-9-28-13-15-30-17-19-32-21-23-35(48(51)45(32)43(30)41(28)37)49(46)34-22-20-31-18-16-29-14-12-27-8-4-10-36-40(27)42(29)44(31)47(34)50(36)38/h4-5,8-26H,1-3,6-7H2. The first-order valence-electron chi connectivity index (χ1n) is 18.9. The lowest BCUT2D eigenvalue weighted by molar-refractivity contribution is 0.444. The molecule has 14 rings (SSSR count). The second-order valence-electron chi connectivity index (χ2n) is 15.8. The SMILES string of the molecule is c1cc2c3c(c1)ccc1ccc4ccc5c(c4c13)N2c1cc(C2CCCCC2)cc2c1B5c1ccc3ccc4ccc5cccc6c5c4c3c1N26. The van der Waals surface area contributed by atoms with E-state index in [1.807, 2.05) is 0 Å². The molecule has 236 valence electrons. The van der Waals surface area contributed by atoms with E-state index in [9.17, 15) is 0 Å². The van der Waals surface area contributed by atoms with Crippen LogP contribution in [0.1, 0.15) is 43.6 Å². The second-order valence-corrected chi connectivity index (χ2v) is 15.8. The Morgan fingerprint density at radius 1 is 0.412 bits per heavy atom. The van der Waals surface area contributed by atoms with E-state index < -0.39 is 0 Å². The lowest BCUT2D eigenvalue weighted by Gasteiger charge is -2.47. The Morgan fingerprint density at radius 3 is 1.33 bits per heavy atom. The van der Waals surface area contributed by atoms with Gasteiger partial charge in [0.25, 0.3) is 6.71 Å². The van der Waals surface area contributed by atoms with E-state index >= 15 is 0 Å². The molecule has 1 saturated carbocycles. The van der Waals surface area contributed by atoms with Crippen LogP contribution in [0.4, 0.5) is 34.1 Å². The fourth-order valence-electron chi connectivity index (χ4n) is 11.5. The van der Waals surface area contributed by atoms with Crippen molar-refractivity contribution in [2.75, 3.05) is 9.80 Å². The Labute approximate surface area is 295 Å². The maximum Gasteiger partial charge on any atom is 0.252 e. The van der Waals surface area contributed by atoms with Crippen molar-refractivity contribution < 1.29 is 0 Å². The van der Waals surface area contributed by atoms with Crippen LogP contribution in [0.3, 0.4) is 0 Å². The summed E-state index contributed by atoms with van der Waals surface area (Å²) in [5.74, 6) is 0.584. The molecule has 0 N–H and O–H groups in total. The van der Waals surface area contributed by atoms with Crippen molar-refractivity contribution in [1.29, 1.82) is 0 Å². The summed E-state index contributed by atoms with van der Waals surface area (Å²) in [7, 11) is 0. The molecule has 0 atom stereocenters. The van der Waals surface area contributed by atoms with E-state index in [1.54, 1.807) is 0 Å². The van der Waals surface area contributed by atoms with Crippen molar-refractivity contribution in [3.8, 4) is 0 Å². The van der Waals surface area contributed by atoms with Crippen molar-refractivity contribution in [3.63, 3.8) is 0 Å². The molecular formula is C48H31BN2. The zero-order valence-electron chi connectivity index (χ0n) is 28.1. The lowest BCUT2D eigenvalue weighted by Crippen LogP contribution is -2.61. The maximum absolute atomic E-state index is 2.71. The highest BCUT2D eigenvalue weighted by atomic mass is 15.2. The van der Waals surface area contributed by atoms with Gasteiger partial charge in [-0.15, -0.1) is 0 Å². The van der Waals surface area contributed by atoms with Crippen LogP contribution in [0.5, 0.6) is 0 Å². The van der Waals surface area contributed by atoms with Crippen LogP contribution in [-0.2, 0) is 0 Å². The van der Waals surface area contributed by atoms with Gasteiger partial charge in [-0.1, -0.05) is 116 Å². The van der Waals surface area contributed by atoms with Gasteiger partial charge in [0.1, 0.15) is 0 Å². The summed E-state index contributed by atoms with van der Waals surface area (Å²) in [4.78, 5) is 5.41. The van der Waals surface area contributed by atoms with Gasteiger partial charge in [-0.3, -0.25) is 0 Å².